The molecule has 0 spiro atoms. The zero-order valence-electron chi connectivity index (χ0n) is 11.5. The van der Waals surface area contributed by atoms with Gasteiger partial charge in [-0.15, -0.1) is 0 Å². The van der Waals surface area contributed by atoms with Crippen LogP contribution in [-0.4, -0.2) is 34.6 Å². The Hall–Kier alpha value is -1.10. The first-order chi connectivity index (χ1) is 8.22. The van der Waals surface area contributed by atoms with Crippen LogP contribution in [0, 0.1) is 0 Å². The quantitative estimate of drug-likeness (QED) is 0.669. The van der Waals surface area contributed by atoms with Crippen LogP contribution in [-0.2, 0) is 9.59 Å². The van der Waals surface area contributed by atoms with Crippen molar-refractivity contribution in [3.63, 3.8) is 0 Å². The molecule has 0 aromatic carbocycles. The maximum Gasteiger partial charge on any atom is 0.305 e. The molecule has 0 heterocycles. The minimum absolute atomic E-state index is 0.00446. The molecule has 1 rings (SSSR count). The SMILES string of the molecule is CC(C)(C)NCCC(=O)NC1(CC(=O)O)CCC1. The van der Waals surface area contributed by atoms with Gasteiger partial charge in [0.15, 0.2) is 0 Å². The third kappa shape index (κ3) is 5.04. The molecule has 1 amide bonds. The summed E-state index contributed by atoms with van der Waals surface area (Å²) in [7, 11) is 0. The van der Waals surface area contributed by atoms with E-state index in [2.05, 4.69) is 10.6 Å². The minimum atomic E-state index is -0.845. The lowest BCUT2D eigenvalue weighted by molar-refractivity contribution is -0.140. The standard InChI is InChI=1S/C13H24N2O3/c1-12(2,3)14-8-5-10(16)15-13(6-4-7-13)9-11(17)18/h14H,4-9H2,1-3H3,(H,15,16)(H,17,18). The fourth-order valence-corrected chi connectivity index (χ4v) is 2.15. The molecule has 5 heteroatoms. The van der Waals surface area contributed by atoms with E-state index in [0.29, 0.717) is 13.0 Å². The predicted molar refractivity (Wildman–Crippen MR) is 69.4 cm³/mol. The van der Waals surface area contributed by atoms with Crippen LogP contribution in [0.2, 0.25) is 0 Å². The smallest absolute Gasteiger partial charge is 0.305 e. The summed E-state index contributed by atoms with van der Waals surface area (Å²) in [6.07, 6.45) is 2.97. The van der Waals surface area contributed by atoms with Crippen molar-refractivity contribution < 1.29 is 14.7 Å². The zero-order chi connectivity index (χ0) is 13.8. The van der Waals surface area contributed by atoms with Crippen LogP contribution >= 0.6 is 0 Å². The van der Waals surface area contributed by atoms with Gasteiger partial charge in [-0.2, -0.15) is 0 Å². The number of rotatable bonds is 6. The van der Waals surface area contributed by atoms with Gasteiger partial charge in [-0.1, -0.05) is 0 Å². The van der Waals surface area contributed by atoms with Crippen LogP contribution < -0.4 is 10.6 Å². The first-order valence-electron chi connectivity index (χ1n) is 6.50. The summed E-state index contributed by atoms with van der Waals surface area (Å²) in [6.45, 7) is 6.74. The molecule has 0 aromatic heterocycles. The Bertz CT molecular complexity index is 317. The van der Waals surface area contributed by atoms with Gasteiger partial charge in [-0.3, -0.25) is 9.59 Å². The van der Waals surface area contributed by atoms with Gasteiger partial charge in [-0.05, 0) is 40.0 Å². The Morgan fingerprint density at radius 2 is 1.89 bits per heavy atom. The van der Waals surface area contributed by atoms with Gasteiger partial charge < -0.3 is 15.7 Å². The molecule has 0 saturated heterocycles. The van der Waals surface area contributed by atoms with E-state index in [1.54, 1.807) is 0 Å². The second-order valence-corrected chi connectivity index (χ2v) is 6.18. The third-order valence-corrected chi connectivity index (χ3v) is 3.21. The van der Waals surface area contributed by atoms with Crippen molar-refractivity contribution >= 4 is 11.9 Å². The van der Waals surface area contributed by atoms with Crippen LogP contribution in [0.1, 0.15) is 52.9 Å². The van der Waals surface area contributed by atoms with Crippen molar-refractivity contribution in [1.82, 2.24) is 10.6 Å². The maximum atomic E-state index is 11.8. The molecule has 1 aliphatic carbocycles. The Morgan fingerprint density at radius 3 is 2.28 bits per heavy atom. The molecule has 1 saturated carbocycles. The first-order valence-corrected chi connectivity index (χ1v) is 6.50. The van der Waals surface area contributed by atoms with Crippen LogP contribution in [0.25, 0.3) is 0 Å². The van der Waals surface area contributed by atoms with Gasteiger partial charge in [0, 0.05) is 18.5 Å². The largest absolute Gasteiger partial charge is 0.481 e. The van der Waals surface area contributed by atoms with Crippen molar-refractivity contribution in [2.75, 3.05) is 6.54 Å². The van der Waals surface area contributed by atoms with Gasteiger partial charge in [0.2, 0.25) is 5.91 Å². The van der Waals surface area contributed by atoms with Crippen LogP contribution in [0.15, 0.2) is 0 Å². The second kappa shape index (κ2) is 5.69. The first kappa shape index (κ1) is 15.0. The van der Waals surface area contributed by atoms with Gasteiger partial charge in [0.25, 0.3) is 0 Å². The zero-order valence-corrected chi connectivity index (χ0v) is 11.5. The average Bonchev–Trinajstić information content (AvgIpc) is 2.11. The normalized spacial score (nSPS) is 17.9. The number of nitrogens with one attached hydrogen (secondary N) is 2. The van der Waals surface area contributed by atoms with Crippen molar-refractivity contribution in [1.29, 1.82) is 0 Å². The van der Waals surface area contributed by atoms with Crippen LogP contribution in [0.5, 0.6) is 0 Å². The maximum absolute atomic E-state index is 11.8. The molecule has 0 radical (unpaired) electrons. The summed E-state index contributed by atoms with van der Waals surface area (Å²) in [4.78, 5) is 22.5. The summed E-state index contributed by atoms with van der Waals surface area (Å²) >= 11 is 0. The van der Waals surface area contributed by atoms with Crippen molar-refractivity contribution in [3.05, 3.63) is 0 Å². The number of carboxylic acids is 1. The lowest BCUT2D eigenvalue weighted by Gasteiger charge is -2.41. The molecule has 1 fully saturated rings. The van der Waals surface area contributed by atoms with Crippen molar-refractivity contribution in [2.45, 2.75) is 64.0 Å². The van der Waals surface area contributed by atoms with Gasteiger partial charge in [0.1, 0.15) is 0 Å². The Balaban J connectivity index is 2.32. The lowest BCUT2D eigenvalue weighted by atomic mass is 9.74. The molecule has 0 aromatic rings. The highest BCUT2D eigenvalue weighted by Gasteiger charge is 2.40. The molecule has 0 bridgehead atoms. The van der Waals surface area contributed by atoms with E-state index in [0.717, 1.165) is 19.3 Å². The van der Waals surface area contributed by atoms with E-state index in [1.807, 2.05) is 20.8 Å². The topological polar surface area (TPSA) is 78.4 Å². The number of hydrogen-bond acceptors (Lipinski definition) is 3. The number of carbonyl (C=O) groups is 2. The van der Waals surface area contributed by atoms with Crippen LogP contribution in [0.3, 0.4) is 0 Å². The summed E-state index contributed by atoms with van der Waals surface area (Å²) in [5.74, 6) is -0.907. The van der Waals surface area contributed by atoms with Gasteiger partial charge >= 0.3 is 5.97 Å². The lowest BCUT2D eigenvalue weighted by Crippen LogP contribution is -2.55. The highest BCUT2D eigenvalue weighted by Crippen LogP contribution is 2.34. The molecule has 3 N–H and O–H groups in total. The molecule has 0 unspecified atom stereocenters. The summed E-state index contributed by atoms with van der Waals surface area (Å²) in [5.41, 5.74) is -0.486. The van der Waals surface area contributed by atoms with Gasteiger partial charge in [0.05, 0.1) is 12.0 Å². The van der Waals surface area contributed by atoms with E-state index >= 15 is 0 Å². The molecule has 104 valence electrons. The van der Waals surface area contributed by atoms with Crippen LogP contribution in [0.4, 0.5) is 0 Å². The molecular formula is C13H24N2O3. The van der Waals surface area contributed by atoms with Crippen molar-refractivity contribution in [3.8, 4) is 0 Å². The number of carboxylic acid groups (broad SMARTS) is 1. The van der Waals surface area contributed by atoms with E-state index in [4.69, 9.17) is 5.11 Å². The second-order valence-electron chi connectivity index (χ2n) is 6.18. The number of hydrogen-bond donors (Lipinski definition) is 3. The Morgan fingerprint density at radius 1 is 1.28 bits per heavy atom. The summed E-state index contributed by atoms with van der Waals surface area (Å²) < 4.78 is 0. The van der Waals surface area contributed by atoms with E-state index in [-0.39, 0.29) is 17.9 Å². The fraction of sp³-hybridized carbons (Fsp3) is 0.846. The van der Waals surface area contributed by atoms with E-state index in [9.17, 15) is 9.59 Å². The molecule has 1 aliphatic rings. The average molecular weight is 256 g/mol. The molecular weight excluding hydrogens is 232 g/mol. The molecule has 0 atom stereocenters. The number of aliphatic carboxylic acids is 1. The summed E-state index contributed by atoms with van der Waals surface area (Å²) in [5, 5.41) is 15.0. The van der Waals surface area contributed by atoms with Gasteiger partial charge in [-0.25, -0.2) is 0 Å². The molecule has 0 aliphatic heterocycles. The Kier molecular flexibility index (Phi) is 4.73. The monoisotopic (exact) mass is 256 g/mol. The molecule has 5 nitrogen and oxygen atoms in total. The minimum Gasteiger partial charge on any atom is -0.481 e. The highest BCUT2D eigenvalue weighted by atomic mass is 16.4. The fourth-order valence-electron chi connectivity index (χ4n) is 2.15. The third-order valence-electron chi connectivity index (χ3n) is 3.21. The van der Waals surface area contributed by atoms with E-state index < -0.39 is 11.5 Å². The van der Waals surface area contributed by atoms with Crippen molar-refractivity contribution in [2.24, 2.45) is 0 Å². The summed E-state index contributed by atoms with van der Waals surface area (Å²) in [6, 6.07) is 0. The number of amides is 1. The Labute approximate surface area is 108 Å². The predicted octanol–water partition coefficient (Wildman–Crippen LogP) is 1.28. The van der Waals surface area contributed by atoms with E-state index in [1.165, 1.54) is 0 Å². The number of carbonyl (C=O) groups excluding carboxylic acids is 1. The molecule has 18 heavy (non-hydrogen) atoms. The highest BCUT2D eigenvalue weighted by molar-refractivity contribution is 5.78.